The van der Waals surface area contributed by atoms with Crippen LogP contribution in [0.15, 0.2) is 0 Å². The zero-order valence-corrected chi connectivity index (χ0v) is 26.2. The van der Waals surface area contributed by atoms with Crippen molar-refractivity contribution in [3.63, 3.8) is 0 Å². The van der Waals surface area contributed by atoms with Crippen molar-refractivity contribution >= 4 is 11.9 Å². The van der Waals surface area contributed by atoms with Gasteiger partial charge in [-0.05, 0) is 12.8 Å². The summed E-state index contributed by atoms with van der Waals surface area (Å²) in [4.78, 5) is 24.1. The fourth-order valence-electron chi connectivity index (χ4n) is 5.02. The molecule has 0 saturated heterocycles. The quantitative estimate of drug-likeness (QED) is 0.0681. The van der Waals surface area contributed by atoms with Crippen LogP contribution in [0.3, 0.4) is 0 Å². The van der Waals surface area contributed by atoms with Crippen molar-refractivity contribution in [1.82, 2.24) is 0 Å². The largest absolute Gasteiger partial charge is 0.462 e. The first-order chi connectivity index (χ1) is 19.1. The van der Waals surface area contributed by atoms with Crippen molar-refractivity contribution in [2.24, 2.45) is 0 Å². The van der Waals surface area contributed by atoms with Crippen LogP contribution in [0.5, 0.6) is 0 Å². The van der Waals surface area contributed by atoms with Gasteiger partial charge in [0.05, 0.1) is 6.61 Å². The summed E-state index contributed by atoms with van der Waals surface area (Å²) in [5.41, 5.74) is 0. The van der Waals surface area contributed by atoms with E-state index in [1.807, 2.05) is 0 Å². The molecular weight excluding hydrogens is 488 g/mol. The van der Waals surface area contributed by atoms with Crippen LogP contribution < -0.4 is 0 Å². The number of aliphatic hydroxyl groups excluding tert-OH is 1. The number of rotatable bonds is 31. The third-order valence-corrected chi connectivity index (χ3v) is 7.65. The molecule has 0 heterocycles. The van der Waals surface area contributed by atoms with Gasteiger partial charge >= 0.3 is 11.9 Å². The van der Waals surface area contributed by atoms with Crippen LogP contribution in [0.1, 0.15) is 187 Å². The van der Waals surface area contributed by atoms with Crippen molar-refractivity contribution in [3.05, 3.63) is 0 Å². The summed E-state index contributed by atoms with van der Waals surface area (Å²) >= 11 is 0. The summed E-state index contributed by atoms with van der Waals surface area (Å²) in [6.07, 6.45) is 31.5. The minimum Gasteiger partial charge on any atom is -0.462 e. The van der Waals surface area contributed by atoms with E-state index in [2.05, 4.69) is 13.8 Å². The molecular formula is C34H66O5. The van der Waals surface area contributed by atoms with Gasteiger partial charge in [-0.25, -0.2) is 0 Å². The molecule has 0 aromatic heterocycles. The highest BCUT2D eigenvalue weighted by molar-refractivity contribution is 5.70. The number of carbonyl (C=O) groups excluding carboxylic acids is 2. The predicted molar refractivity (Wildman–Crippen MR) is 164 cm³/mol. The Hall–Kier alpha value is -1.10. The number of ether oxygens (including phenoxy) is 2. The second-order valence-electron chi connectivity index (χ2n) is 11.6. The zero-order valence-electron chi connectivity index (χ0n) is 26.2. The number of hydrogen-bond donors (Lipinski definition) is 1. The molecule has 0 bridgehead atoms. The molecule has 0 saturated carbocycles. The van der Waals surface area contributed by atoms with Crippen LogP contribution in [-0.2, 0) is 19.1 Å². The van der Waals surface area contributed by atoms with E-state index in [0.29, 0.717) is 12.8 Å². The highest BCUT2D eigenvalue weighted by atomic mass is 16.6. The molecule has 0 fully saturated rings. The molecule has 0 aliphatic carbocycles. The second kappa shape index (κ2) is 31.4. The van der Waals surface area contributed by atoms with E-state index in [4.69, 9.17) is 9.47 Å². The van der Waals surface area contributed by atoms with Gasteiger partial charge in [-0.15, -0.1) is 0 Å². The Morgan fingerprint density at radius 1 is 0.487 bits per heavy atom. The van der Waals surface area contributed by atoms with Crippen molar-refractivity contribution < 1.29 is 24.2 Å². The molecule has 1 N–H and O–H groups in total. The minimum absolute atomic E-state index is 0.0576. The van der Waals surface area contributed by atoms with Gasteiger partial charge in [0.25, 0.3) is 0 Å². The van der Waals surface area contributed by atoms with Crippen molar-refractivity contribution in [2.75, 3.05) is 13.2 Å². The summed E-state index contributed by atoms with van der Waals surface area (Å²) in [6, 6.07) is 0. The minimum atomic E-state index is -0.759. The Balaban J connectivity index is 3.54. The van der Waals surface area contributed by atoms with E-state index in [1.165, 1.54) is 128 Å². The first-order valence-electron chi connectivity index (χ1n) is 17.1. The van der Waals surface area contributed by atoms with Crippen LogP contribution in [0, 0.1) is 0 Å². The van der Waals surface area contributed by atoms with E-state index in [-0.39, 0.29) is 25.2 Å². The molecule has 0 radical (unpaired) electrons. The summed E-state index contributed by atoms with van der Waals surface area (Å²) in [7, 11) is 0. The lowest BCUT2D eigenvalue weighted by Gasteiger charge is -2.15. The van der Waals surface area contributed by atoms with Gasteiger partial charge in [-0.2, -0.15) is 0 Å². The number of carbonyl (C=O) groups is 2. The molecule has 0 rings (SSSR count). The third kappa shape index (κ3) is 29.7. The van der Waals surface area contributed by atoms with Gasteiger partial charge < -0.3 is 14.6 Å². The third-order valence-electron chi connectivity index (χ3n) is 7.65. The van der Waals surface area contributed by atoms with Gasteiger partial charge in [0.2, 0.25) is 0 Å². The summed E-state index contributed by atoms with van der Waals surface area (Å²) < 4.78 is 10.5. The number of aliphatic hydroxyl groups is 1. The molecule has 0 aliphatic heterocycles. The lowest BCUT2D eigenvalue weighted by atomic mass is 10.0. The van der Waals surface area contributed by atoms with E-state index in [1.54, 1.807) is 0 Å². The topological polar surface area (TPSA) is 72.8 Å². The lowest BCUT2D eigenvalue weighted by Crippen LogP contribution is -2.28. The Kier molecular flexibility index (Phi) is 30.5. The van der Waals surface area contributed by atoms with Gasteiger partial charge in [-0.1, -0.05) is 162 Å². The maximum atomic E-state index is 12.1. The average molecular weight is 555 g/mol. The second-order valence-corrected chi connectivity index (χ2v) is 11.6. The van der Waals surface area contributed by atoms with Crippen LogP contribution in [-0.4, -0.2) is 36.4 Å². The monoisotopic (exact) mass is 554 g/mol. The smallest absolute Gasteiger partial charge is 0.306 e. The summed E-state index contributed by atoms with van der Waals surface area (Å²) in [5.74, 6) is -0.581. The van der Waals surface area contributed by atoms with E-state index in [0.717, 1.165) is 32.1 Å². The maximum absolute atomic E-state index is 12.1. The summed E-state index contributed by atoms with van der Waals surface area (Å²) in [6.45, 7) is 4.13. The van der Waals surface area contributed by atoms with Gasteiger partial charge in [-0.3, -0.25) is 9.59 Å². The lowest BCUT2D eigenvalue weighted by molar-refractivity contribution is -0.161. The molecule has 0 aromatic rings. The molecule has 1 atom stereocenters. The molecule has 5 heteroatoms. The molecule has 5 nitrogen and oxygen atoms in total. The Morgan fingerprint density at radius 2 is 0.795 bits per heavy atom. The fraction of sp³-hybridized carbons (Fsp3) is 0.941. The average Bonchev–Trinajstić information content (AvgIpc) is 2.94. The molecule has 0 aliphatic rings. The summed E-state index contributed by atoms with van der Waals surface area (Å²) in [5, 5.41) is 9.49. The molecule has 0 aromatic carbocycles. The normalized spacial score (nSPS) is 12.0. The van der Waals surface area contributed by atoms with Crippen LogP contribution in [0.25, 0.3) is 0 Å². The maximum Gasteiger partial charge on any atom is 0.306 e. The van der Waals surface area contributed by atoms with Crippen molar-refractivity contribution in [2.45, 2.75) is 193 Å². The van der Waals surface area contributed by atoms with Gasteiger partial charge in [0, 0.05) is 12.8 Å². The van der Waals surface area contributed by atoms with Crippen LogP contribution >= 0.6 is 0 Å². The van der Waals surface area contributed by atoms with Crippen molar-refractivity contribution in [1.29, 1.82) is 0 Å². The standard InChI is InChI=1S/C34H66O5/c1-3-5-7-9-11-13-15-17-19-21-23-25-27-29-34(37)39-32(30-35)31-38-33(36)28-26-24-22-20-18-16-14-12-10-8-6-4-2/h32,35H,3-31H2,1-2H3/t32-/m0/s1. The van der Waals surface area contributed by atoms with Gasteiger partial charge in [0.1, 0.15) is 6.61 Å². The number of hydrogen-bond acceptors (Lipinski definition) is 5. The number of unbranched alkanes of at least 4 members (excludes halogenated alkanes) is 23. The Labute approximate surface area is 242 Å². The predicted octanol–water partition coefficient (Wildman–Crippen LogP) is 10.0. The van der Waals surface area contributed by atoms with E-state index < -0.39 is 6.10 Å². The van der Waals surface area contributed by atoms with Gasteiger partial charge in [0.15, 0.2) is 6.10 Å². The van der Waals surface area contributed by atoms with Crippen LogP contribution in [0.2, 0.25) is 0 Å². The molecule has 0 spiro atoms. The molecule has 232 valence electrons. The van der Waals surface area contributed by atoms with Crippen molar-refractivity contribution in [3.8, 4) is 0 Å². The molecule has 39 heavy (non-hydrogen) atoms. The highest BCUT2D eigenvalue weighted by Crippen LogP contribution is 2.14. The zero-order chi connectivity index (χ0) is 28.7. The first kappa shape index (κ1) is 37.9. The van der Waals surface area contributed by atoms with Crippen LogP contribution in [0.4, 0.5) is 0 Å². The molecule has 0 amide bonds. The first-order valence-corrected chi connectivity index (χ1v) is 17.1. The molecule has 0 unspecified atom stereocenters. The van der Waals surface area contributed by atoms with E-state index >= 15 is 0 Å². The Bertz CT molecular complexity index is 522. The fourth-order valence-corrected chi connectivity index (χ4v) is 5.02. The number of esters is 2. The highest BCUT2D eigenvalue weighted by Gasteiger charge is 2.16. The Morgan fingerprint density at radius 3 is 1.13 bits per heavy atom. The SMILES string of the molecule is CCCCCCCCCCCCCCCC(=O)O[C@@H](CO)COC(=O)CCCCCCCCCCCCCC. The van der Waals surface area contributed by atoms with E-state index in [9.17, 15) is 14.7 Å².